The zero-order valence-electron chi connectivity index (χ0n) is 10.1. The number of nitrogens with two attached hydrogens (primary N) is 1. The minimum Gasteiger partial charge on any atom is -0.466 e. The van der Waals surface area contributed by atoms with Gasteiger partial charge in [0.25, 0.3) is 0 Å². The van der Waals surface area contributed by atoms with Gasteiger partial charge in [-0.05, 0) is 32.0 Å². The van der Waals surface area contributed by atoms with Crippen LogP contribution in [-0.2, 0) is 0 Å². The van der Waals surface area contributed by atoms with Gasteiger partial charge in [0.15, 0.2) is 0 Å². The van der Waals surface area contributed by atoms with Gasteiger partial charge in [0.2, 0.25) is 0 Å². The highest BCUT2D eigenvalue weighted by Gasteiger charge is 2.21. The lowest BCUT2D eigenvalue weighted by Gasteiger charge is -2.16. The van der Waals surface area contributed by atoms with E-state index in [4.69, 9.17) is 21.9 Å². The number of benzene rings is 1. The Kier molecular flexibility index (Phi) is 3.71. The van der Waals surface area contributed by atoms with Crippen molar-refractivity contribution in [3.63, 3.8) is 0 Å². The molecule has 3 nitrogen and oxygen atoms in total. The summed E-state index contributed by atoms with van der Waals surface area (Å²) in [6, 6.07) is 5.90. The second-order valence-electron chi connectivity index (χ2n) is 4.13. The second kappa shape index (κ2) is 5.10. The molecule has 0 bridgehead atoms. The molecule has 18 heavy (non-hydrogen) atoms. The summed E-state index contributed by atoms with van der Waals surface area (Å²) < 4.78 is 19.3. The molecule has 0 amide bonds. The third kappa shape index (κ3) is 2.41. The molecule has 1 heterocycles. The van der Waals surface area contributed by atoms with E-state index in [1.165, 1.54) is 6.07 Å². The number of hydrogen-bond donors (Lipinski definition) is 2. The largest absolute Gasteiger partial charge is 0.466 e. The highest BCUT2D eigenvalue weighted by Crippen LogP contribution is 2.29. The van der Waals surface area contributed by atoms with Crippen LogP contribution in [0.5, 0.6) is 0 Å². The SMILES string of the molecule is Cc1cc(C(NN)c2ccc(Cl)cc2F)c(C)o1. The predicted octanol–water partition coefficient (Wildman–Crippen LogP) is 3.24. The smallest absolute Gasteiger partial charge is 0.129 e. The van der Waals surface area contributed by atoms with E-state index in [2.05, 4.69) is 5.43 Å². The molecule has 3 N–H and O–H groups in total. The van der Waals surface area contributed by atoms with Crippen LogP contribution >= 0.6 is 11.6 Å². The molecule has 0 spiro atoms. The lowest BCUT2D eigenvalue weighted by atomic mass is 9.99. The van der Waals surface area contributed by atoms with E-state index < -0.39 is 11.9 Å². The molecule has 1 unspecified atom stereocenters. The lowest BCUT2D eigenvalue weighted by molar-refractivity contribution is 0.492. The number of hydrazine groups is 1. The number of halogens is 2. The summed E-state index contributed by atoms with van der Waals surface area (Å²) in [4.78, 5) is 0. The van der Waals surface area contributed by atoms with Gasteiger partial charge in [-0.15, -0.1) is 0 Å². The van der Waals surface area contributed by atoms with Gasteiger partial charge in [-0.25, -0.2) is 9.82 Å². The van der Waals surface area contributed by atoms with Crippen LogP contribution in [0.2, 0.25) is 5.02 Å². The molecule has 5 heteroatoms. The second-order valence-corrected chi connectivity index (χ2v) is 4.57. The summed E-state index contributed by atoms with van der Waals surface area (Å²) >= 11 is 5.74. The zero-order chi connectivity index (χ0) is 13.3. The minimum absolute atomic E-state index is 0.354. The first-order valence-corrected chi connectivity index (χ1v) is 5.88. The maximum absolute atomic E-state index is 13.9. The molecule has 1 atom stereocenters. The van der Waals surface area contributed by atoms with Crippen molar-refractivity contribution in [1.82, 2.24) is 5.43 Å². The molecule has 0 aliphatic carbocycles. The number of furan rings is 1. The van der Waals surface area contributed by atoms with Crippen LogP contribution in [0, 0.1) is 19.7 Å². The van der Waals surface area contributed by atoms with Crippen molar-refractivity contribution in [2.75, 3.05) is 0 Å². The van der Waals surface area contributed by atoms with Crippen molar-refractivity contribution in [2.24, 2.45) is 5.84 Å². The number of aryl methyl sites for hydroxylation is 2. The standard InChI is InChI=1S/C13H14ClFN2O/c1-7-5-11(8(2)18-7)13(17-16)10-4-3-9(14)6-12(10)15/h3-6,13,17H,16H2,1-2H3. The van der Waals surface area contributed by atoms with E-state index >= 15 is 0 Å². The van der Waals surface area contributed by atoms with Crippen LogP contribution < -0.4 is 11.3 Å². The minimum atomic E-state index is -0.459. The zero-order valence-corrected chi connectivity index (χ0v) is 10.9. The van der Waals surface area contributed by atoms with Gasteiger partial charge in [-0.1, -0.05) is 17.7 Å². The third-order valence-corrected chi connectivity index (χ3v) is 3.07. The fraction of sp³-hybridized carbons (Fsp3) is 0.231. The van der Waals surface area contributed by atoms with Crippen LogP contribution in [-0.4, -0.2) is 0 Å². The molecule has 2 rings (SSSR count). The van der Waals surface area contributed by atoms with Crippen LogP contribution in [0.1, 0.15) is 28.7 Å². The number of hydrogen-bond acceptors (Lipinski definition) is 3. The summed E-state index contributed by atoms with van der Waals surface area (Å²) in [7, 11) is 0. The Balaban J connectivity index is 2.48. The van der Waals surface area contributed by atoms with E-state index in [1.54, 1.807) is 12.1 Å². The summed E-state index contributed by atoms with van der Waals surface area (Å²) in [6.45, 7) is 3.66. The molecule has 0 radical (unpaired) electrons. The van der Waals surface area contributed by atoms with Crippen molar-refractivity contribution in [2.45, 2.75) is 19.9 Å². The molecular weight excluding hydrogens is 255 g/mol. The predicted molar refractivity (Wildman–Crippen MR) is 68.8 cm³/mol. The summed E-state index contributed by atoms with van der Waals surface area (Å²) in [5.41, 5.74) is 3.86. The maximum Gasteiger partial charge on any atom is 0.129 e. The first-order chi connectivity index (χ1) is 8.52. The molecular formula is C13H14ClFN2O. The van der Waals surface area contributed by atoms with Gasteiger partial charge in [0.1, 0.15) is 17.3 Å². The molecule has 0 aliphatic rings. The van der Waals surface area contributed by atoms with E-state index in [9.17, 15) is 4.39 Å². The normalized spacial score (nSPS) is 12.7. The fourth-order valence-electron chi connectivity index (χ4n) is 2.02. The van der Waals surface area contributed by atoms with E-state index in [-0.39, 0.29) is 0 Å². The molecule has 1 aromatic heterocycles. The molecule has 96 valence electrons. The van der Waals surface area contributed by atoms with Crippen molar-refractivity contribution >= 4 is 11.6 Å². The molecule has 0 saturated heterocycles. The first-order valence-electron chi connectivity index (χ1n) is 5.51. The van der Waals surface area contributed by atoms with Gasteiger partial charge in [0, 0.05) is 16.1 Å². The molecule has 0 aliphatic heterocycles. The van der Waals surface area contributed by atoms with E-state index in [1.807, 2.05) is 19.9 Å². The van der Waals surface area contributed by atoms with Crippen LogP contribution in [0.15, 0.2) is 28.7 Å². The Morgan fingerprint density at radius 2 is 2.00 bits per heavy atom. The van der Waals surface area contributed by atoms with Gasteiger partial charge >= 0.3 is 0 Å². The van der Waals surface area contributed by atoms with Crippen LogP contribution in [0.3, 0.4) is 0 Å². The maximum atomic E-state index is 13.9. The Bertz CT molecular complexity index is 568. The summed E-state index contributed by atoms with van der Waals surface area (Å²) in [5, 5.41) is 0.354. The summed E-state index contributed by atoms with van der Waals surface area (Å²) in [6.07, 6.45) is 0. The van der Waals surface area contributed by atoms with Crippen molar-refractivity contribution < 1.29 is 8.81 Å². The molecule has 1 aromatic carbocycles. The fourth-order valence-corrected chi connectivity index (χ4v) is 2.18. The number of rotatable bonds is 3. The Labute approximate surface area is 110 Å². The van der Waals surface area contributed by atoms with E-state index in [0.717, 1.165) is 11.3 Å². The summed E-state index contributed by atoms with van der Waals surface area (Å²) in [5.74, 6) is 6.61. The van der Waals surface area contributed by atoms with Gasteiger partial charge < -0.3 is 4.42 Å². The van der Waals surface area contributed by atoms with Crippen molar-refractivity contribution in [3.05, 3.63) is 57.8 Å². The molecule has 0 saturated carbocycles. The topological polar surface area (TPSA) is 51.2 Å². The Morgan fingerprint density at radius 1 is 1.28 bits per heavy atom. The number of nitrogens with one attached hydrogen (secondary N) is 1. The van der Waals surface area contributed by atoms with Gasteiger partial charge in [-0.3, -0.25) is 5.84 Å². The van der Waals surface area contributed by atoms with Crippen molar-refractivity contribution in [1.29, 1.82) is 0 Å². The van der Waals surface area contributed by atoms with Crippen LogP contribution in [0.4, 0.5) is 4.39 Å². The van der Waals surface area contributed by atoms with Gasteiger partial charge in [0.05, 0.1) is 6.04 Å². The van der Waals surface area contributed by atoms with Gasteiger partial charge in [-0.2, -0.15) is 0 Å². The molecule has 0 fully saturated rings. The Hall–Kier alpha value is -1.36. The van der Waals surface area contributed by atoms with E-state index in [0.29, 0.717) is 16.3 Å². The molecule has 2 aromatic rings. The average molecular weight is 269 g/mol. The third-order valence-electron chi connectivity index (χ3n) is 2.83. The first kappa shape index (κ1) is 13.1. The Morgan fingerprint density at radius 3 is 2.50 bits per heavy atom. The van der Waals surface area contributed by atoms with Crippen LogP contribution in [0.25, 0.3) is 0 Å². The highest BCUT2D eigenvalue weighted by atomic mass is 35.5. The monoisotopic (exact) mass is 268 g/mol. The highest BCUT2D eigenvalue weighted by molar-refractivity contribution is 6.30. The van der Waals surface area contributed by atoms with Crippen molar-refractivity contribution in [3.8, 4) is 0 Å². The average Bonchev–Trinajstić information content (AvgIpc) is 2.62. The quantitative estimate of drug-likeness (QED) is 0.664. The lowest BCUT2D eigenvalue weighted by Crippen LogP contribution is -2.29.